The van der Waals surface area contributed by atoms with Crippen molar-refractivity contribution in [2.75, 3.05) is 6.61 Å². The summed E-state index contributed by atoms with van der Waals surface area (Å²) in [4.78, 5) is 4.32. The van der Waals surface area contributed by atoms with Gasteiger partial charge in [-0.25, -0.2) is 4.98 Å². The summed E-state index contributed by atoms with van der Waals surface area (Å²) >= 11 is 0. The zero-order valence-corrected chi connectivity index (χ0v) is 7.21. The van der Waals surface area contributed by atoms with Crippen LogP contribution in [0.4, 0.5) is 0 Å². The van der Waals surface area contributed by atoms with Gasteiger partial charge in [0.1, 0.15) is 6.61 Å². The largest absolute Gasteiger partial charge is 0.374 e. The lowest BCUT2D eigenvalue weighted by Crippen LogP contribution is -1.93. The van der Waals surface area contributed by atoms with E-state index in [0.29, 0.717) is 12.5 Å². The van der Waals surface area contributed by atoms with Gasteiger partial charge in [-0.1, -0.05) is 0 Å². The Morgan fingerprint density at radius 1 is 1.58 bits per heavy atom. The Morgan fingerprint density at radius 3 is 3.08 bits per heavy atom. The fraction of sp³-hybridized carbons (Fsp3) is 0.750. The summed E-state index contributed by atoms with van der Waals surface area (Å²) in [5.74, 6) is 2.43. The van der Waals surface area contributed by atoms with E-state index in [-0.39, 0.29) is 0 Å². The highest BCUT2D eigenvalue weighted by atomic mass is 16.5. The molecular formula is C8H13N3O. The van der Waals surface area contributed by atoms with E-state index in [1.165, 1.54) is 12.8 Å². The molecule has 1 N–H and O–H groups in total. The maximum absolute atomic E-state index is 5.20. The molecule has 0 radical (unpaired) electrons. The maximum atomic E-state index is 5.20. The zero-order chi connectivity index (χ0) is 8.39. The van der Waals surface area contributed by atoms with E-state index < -0.39 is 0 Å². The van der Waals surface area contributed by atoms with Crippen LogP contribution in [0.3, 0.4) is 0 Å². The first kappa shape index (κ1) is 7.73. The van der Waals surface area contributed by atoms with Crippen molar-refractivity contribution in [1.29, 1.82) is 0 Å². The van der Waals surface area contributed by atoms with Crippen molar-refractivity contribution in [2.45, 2.75) is 32.3 Å². The number of ether oxygens (including phenoxy) is 1. The average molecular weight is 167 g/mol. The number of nitrogens with one attached hydrogen (secondary N) is 1. The molecule has 1 aliphatic rings. The lowest BCUT2D eigenvalue weighted by atomic mass is 10.4. The molecular weight excluding hydrogens is 154 g/mol. The highest BCUT2D eigenvalue weighted by molar-refractivity contribution is 5.04. The molecule has 0 bridgehead atoms. The van der Waals surface area contributed by atoms with Gasteiger partial charge in [-0.15, -0.1) is 0 Å². The van der Waals surface area contributed by atoms with E-state index in [9.17, 15) is 0 Å². The Bertz CT molecular complexity index is 255. The molecule has 12 heavy (non-hydrogen) atoms. The second kappa shape index (κ2) is 3.23. The Hall–Kier alpha value is -0.900. The van der Waals surface area contributed by atoms with Gasteiger partial charge in [-0.05, 0) is 19.8 Å². The van der Waals surface area contributed by atoms with Crippen molar-refractivity contribution >= 4 is 0 Å². The monoisotopic (exact) mass is 167 g/mol. The third-order valence-corrected chi connectivity index (χ3v) is 1.93. The number of rotatable bonds is 4. The molecule has 1 aliphatic carbocycles. The first-order valence-corrected chi connectivity index (χ1v) is 4.39. The lowest BCUT2D eigenvalue weighted by molar-refractivity contribution is 0.128. The highest BCUT2D eigenvalue weighted by Gasteiger charge is 2.27. The van der Waals surface area contributed by atoms with Gasteiger partial charge in [-0.3, -0.25) is 5.10 Å². The van der Waals surface area contributed by atoms with Gasteiger partial charge in [-0.2, -0.15) is 5.10 Å². The topological polar surface area (TPSA) is 50.8 Å². The third-order valence-electron chi connectivity index (χ3n) is 1.93. The predicted molar refractivity (Wildman–Crippen MR) is 43.7 cm³/mol. The van der Waals surface area contributed by atoms with Crippen LogP contribution in [0, 0.1) is 0 Å². The summed E-state index contributed by atoms with van der Waals surface area (Å²) in [7, 11) is 0. The van der Waals surface area contributed by atoms with Crippen LogP contribution >= 0.6 is 0 Å². The second-order valence-corrected chi connectivity index (χ2v) is 3.05. The van der Waals surface area contributed by atoms with Gasteiger partial charge in [0.2, 0.25) is 0 Å². The number of hydrogen-bond donors (Lipinski definition) is 1. The van der Waals surface area contributed by atoms with Crippen molar-refractivity contribution in [2.24, 2.45) is 0 Å². The lowest BCUT2D eigenvalue weighted by Gasteiger charge is -1.93. The van der Waals surface area contributed by atoms with E-state index in [4.69, 9.17) is 4.74 Å². The molecule has 0 saturated heterocycles. The molecule has 0 unspecified atom stereocenters. The highest BCUT2D eigenvalue weighted by Crippen LogP contribution is 2.37. The van der Waals surface area contributed by atoms with Crippen molar-refractivity contribution < 1.29 is 4.74 Å². The molecule has 2 rings (SSSR count). The van der Waals surface area contributed by atoms with Crippen molar-refractivity contribution in [1.82, 2.24) is 15.2 Å². The van der Waals surface area contributed by atoms with Crippen LogP contribution in [0.5, 0.6) is 0 Å². The fourth-order valence-electron chi connectivity index (χ4n) is 1.10. The Kier molecular flexibility index (Phi) is 2.08. The van der Waals surface area contributed by atoms with E-state index >= 15 is 0 Å². The Balaban J connectivity index is 1.93. The molecule has 1 heterocycles. The van der Waals surface area contributed by atoms with Gasteiger partial charge in [0, 0.05) is 12.5 Å². The summed E-state index contributed by atoms with van der Waals surface area (Å²) in [5.41, 5.74) is 0. The van der Waals surface area contributed by atoms with Gasteiger partial charge in [0.15, 0.2) is 11.6 Å². The van der Waals surface area contributed by atoms with Gasteiger partial charge >= 0.3 is 0 Å². The van der Waals surface area contributed by atoms with Crippen LogP contribution in [0.1, 0.15) is 37.3 Å². The van der Waals surface area contributed by atoms with Gasteiger partial charge in [0.05, 0.1) is 0 Å². The summed E-state index contributed by atoms with van der Waals surface area (Å²) in [6.07, 6.45) is 2.48. The molecule has 4 nitrogen and oxygen atoms in total. The maximum Gasteiger partial charge on any atom is 0.153 e. The molecule has 0 aliphatic heterocycles. The quantitative estimate of drug-likeness (QED) is 0.733. The molecule has 1 aromatic rings. The van der Waals surface area contributed by atoms with Crippen LogP contribution in [-0.2, 0) is 11.3 Å². The minimum Gasteiger partial charge on any atom is -0.374 e. The summed E-state index contributed by atoms with van der Waals surface area (Å²) < 4.78 is 5.20. The minimum atomic E-state index is 0.552. The number of hydrogen-bond acceptors (Lipinski definition) is 3. The molecule has 1 fully saturated rings. The Morgan fingerprint density at radius 2 is 2.42 bits per heavy atom. The molecule has 0 aromatic carbocycles. The normalized spacial score (nSPS) is 16.8. The summed E-state index contributed by atoms with van der Waals surface area (Å²) in [6, 6.07) is 0. The van der Waals surface area contributed by atoms with Gasteiger partial charge < -0.3 is 4.74 Å². The van der Waals surface area contributed by atoms with E-state index in [2.05, 4.69) is 15.2 Å². The van der Waals surface area contributed by atoms with Crippen LogP contribution in [0.25, 0.3) is 0 Å². The summed E-state index contributed by atoms with van der Waals surface area (Å²) in [5, 5.41) is 6.99. The first-order chi connectivity index (χ1) is 5.90. The van der Waals surface area contributed by atoms with Crippen molar-refractivity contribution in [3.63, 3.8) is 0 Å². The number of H-pyrrole nitrogens is 1. The van der Waals surface area contributed by atoms with E-state index in [1.54, 1.807) is 0 Å². The molecule has 0 spiro atoms. The van der Waals surface area contributed by atoms with Crippen LogP contribution in [0.2, 0.25) is 0 Å². The number of aromatic nitrogens is 3. The van der Waals surface area contributed by atoms with Gasteiger partial charge in [0.25, 0.3) is 0 Å². The zero-order valence-electron chi connectivity index (χ0n) is 7.21. The SMILES string of the molecule is CCOCc1nc(C2CC2)n[nH]1. The first-order valence-electron chi connectivity index (χ1n) is 4.39. The second-order valence-electron chi connectivity index (χ2n) is 3.05. The van der Waals surface area contributed by atoms with Crippen molar-refractivity contribution in [3.8, 4) is 0 Å². The number of aromatic amines is 1. The molecule has 1 aromatic heterocycles. The standard InChI is InChI=1S/C8H13N3O/c1-2-12-5-7-9-8(11-10-7)6-3-4-6/h6H,2-5H2,1H3,(H,9,10,11). The van der Waals surface area contributed by atoms with Crippen molar-refractivity contribution in [3.05, 3.63) is 11.6 Å². The molecule has 0 amide bonds. The third kappa shape index (κ3) is 1.64. The smallest absolute Gasteiger partial charge is 0.153 e. The van der Waals surface area contributed by atoms with Crippen LogP contribution < -0.4 is 0 Å². The predicted octanol–water partition coefficient (Wildman–Crippen LogP) is 1.22. The number of nitrogens with zero attached hydrogens (tertiary/aromatic N) is 2. The van der Waals surface area contributed by atoms with Crippen LogP contribution in [-0.4, -0.2) is 21.8 Å². The van der Waals surface area contributed by atoms with Crippen LogP contribution in [0.15, 0.2) is 0 Å². The molecule has 66 valence electrons. The summed E-state index contributed by atoms with van der Waals surface area (Å²) in [6.45, 7) is 3.24. The van der Waals surface area contributed by atoms with E-state index in [1.807, 2.05) is 6.92 Å². The Labute approximate surface area is 71.3 Å². The fourth-order valence-corrected chi connectivity index (χ4v) is 1.10. The average Bonchev–Trinajstić information content (AvgIpc) is 2.83. The van der Waals surface area contributed by atoms with E-state index in [0.717, 1.165) is 18.3 Å². The minimum absolute atomic E-state index is 0.552. The molecule has 4 heteroatoms. The molecule has 0 atom stereocenters. The molecule has 1 saturated carbocycles.